The van der Waals surface area contributed by atoms with Crippen molar-refractivity contribution < 1.29 is 19.5 Å². The minimum Gasteiger partial charge on any atom is -0.481 e. The van der Waals surface area contributed by atoms with Gasteiger partial charge in [0.15, 0.2) is 0 Å². The maximum Gasteiger partial charge on any atom is 0.311 e. The Morgan fingerprint density at radius 1 is 1.24 bits per heavy atom. The van der Waals surface area contributed by atoms with E-state index in [4.69, 9.17) is 0 Å². The molecule has 2 amide bonds. The number of likely N-dealkylation sites (tertiary alicyclic amines) is 1. The zero-order chi connectivity index (χ0) is 18.0. The normalized spacial score (nSPS) is 19.6. The summed E-state index contributed by atoms with van der Waals surface area (Å²) in [5, 5.41) is 13.9. The minimum atomic E-state index is -0.902. The lowest BCUT2D eigenvalue weighted by Crippen LogP contribution is -2.34. The van der Waals surface area contributed by atoms with Gasteiger partial charge in [0.05, 0.1) is 10.3 Å². The molecule has 1 aromatic carbocycles. The minimum absolute atomic E-state index is 0.187. The van der Waals surface area contributed by atoms with E-state index in [0.717, 1.165) is 0 Å². The first-order valence-corrected chi connectivity index (χ1v) is 8.75. The molecule has 7 heteroatoms. The van der Waals surface area contributed by atoms with Crippen molar-refractivity contribution in [3.8, 4) is 0 Å². The lowest BCUT2D eigenvalue weighted by molar-refractivity contribution is -0.147. The van der Waals surface area contributed by atoms with Crippen LogP contribution in [0.2, 0.25) is 0 Å². The van der Waals surface area contributed by atoms with Gasteiger partial charge in [-0.05, 0) is 43.0 Å². The van der Waals surface area contributed by atoms with E-state index < -0.39 is 11.4 Å². The fourth-order valence-corrected chi connectivity index (χ4v) is 3.44. The Hall–Kier alpha value is -2.67. The zero-order valence-corrected chi connectivity index (χ0v) is 14.5. The first-order valence-electron chi connectivity index (χ1n) is 7.87. The number of benzene rings is 1. The zero-order valence-electron chi connectivity index (χ0n) is 13.7. The van der Waals surface area contributed by atoms with Crippen molar-refractivity contribution in [1.82, 2.24) is 4.90 Å². The predicted octanol–water partition coefficient (Wildman–Crippen LogP) is 2.94. The number of amides is 2. The number of hydrogen-bond donors (Lipinski definition) is 2. The van der Waals surface area contributed by atoms with Gasteiger partial charge in [0, 0.05) is 24.3 Å². The molecular weight excluding hydrogens is 340 g/mol. The first-order chi connectivity index (χ1) is 11.9. The van der Waals surface area contributed by atoms with Gasteiger partial charge in [-0.25, -0.2) is 0 Å². The van der Waals surface area contributed by atoms with E-state index in [2.05, 4.69) is 5.32 Å². The molecule has 6 nitrogen and oxygen atoms in total. The van der Waals surface area contributed by atoms with E-state index in [0.29, 0.717) is 29.1 Å². The van der Waals surface area contributed by atoms with Crippen molar-refractivity contribution in [2.24, 2.45) is 5.41 Å². The number of hydrogen-bond acceptors (Lipinski definition) is 4. The summed E-state index contributed by atoms with van der Waals surface area (Å²) < 4.78 is 0. The number of thiophene rings is 1. The number of nitrogens with zero attached hydrogens (tertiary/aromatic N) is 1. The molecule has 3 rings (SSSR count). The van der Waals surface area contributed by atoms with Gasteiger partial charge < -0.3 is 15.3 Å². The standard InChI is InChI=1S/C18H18N2O4S/c1-18(17(23)24)7-8-20(11-18)16(22)12-4-2-5-13(10-12)19-15(21)14-6-3-9-25-14/h2-6,9-10H,7-8,11H2,1H3,(H,19,21)(H,23,24). The van der Waals surface area contributed by atoms with Crippen LogP contribution in [0.5, 0.6) is 0 Å². The third-order valence-corrected chi connectivity index (χ3v) is 5.26. The fraction of sp³-hybridized carbons (Fsp3) is 0.278. The molecular formula is C18H18N2O4S. The maximum atomic E-state index is 12.6. The van der Waals surface area contributed by atoms with Crippen LogP contribution in [0.1, 0.15) is 33.4 Å². The van der Waals surface area contributed by atoms with Crippen LogP contribution in [0.15, 0.2) is 41.8 Å². The van der Waals surface area contributed by atoms with Crippen LogP contribution in [0.3, 0.4) is 0 Å². The van der Waals surface area contributed by atoms with Gasteiger partial charge in [-0.2, -0.15) is 0 Å². The van der Waals surface area contributed by atoms with Gasteiger partial charge in [0.2, 0.25) is 0 Å². The van der Waals surface area contributed by atoms with Crippen molar-refractivity contribution >= 4 is 34.8 Å². The van der Waals surface area contributed by atoms with Gasteiger partial charge in [-0.3, -0.25) is 14.4 Å². The molecule has 1 aromatic heterocycles. The Labute approximate surface area is 149 Å². The number of carbonyl (C=O) groups is 3. The molecule has 1 aliphatic rings. The molecule has 25 heavy (non-hydrogen) atoms. The smallest absolute Gasteiger partial charge is 0.311 e. The highest BCUT2D eigenvalue weighted by Crippen LogP contribution is 2.31. The topological polar surface area (TPSA) is 86.7 Å². The third kappa shape index (κ3) is 3.56. The van der Waals surface area contributed by atoms with Gasteiger partial charge in [-0.15, -0.1) is 11.3 Å². The Balaban J connectivity index is 1.72. The van der Waals surface area contributed by atoms with Gasteiger partial charge in [-0.1, -0.05) is 12.1 Å². The van der Waals surface area contributed by atoms with Crippen molar-refractivity contribution in [3.05, 3.63) is 52.2 Å². The van der Waals surface area contributed by atoms with Crippen LogP contribution < -0.4 is 5.32 Å². The summed E-state index contributed by atoms with van der Waals surface area (Å²) in [5.41, 5.74) is 0.0590. The largest absolute Gasteiger partial charge is 0.481 e. The summed E-state index contributed by atoms with van der Waals surface area (Å²) in [6.07, 6.45) is 0.433. The van der Waals surface area contributed by atoms with E-state index in [9.17, 15) is 19.5 Å². The van der Waals surface area contributed by atoms with Crippen LogP contribution in [0.25, 0.3) is 0 Å². The number of carboxylic acids is 1. The SMILES string of the molecule is CC1(C(=O)O)CCN(C(=O)c2cccc(NC(=O)c3cccs3)c2)C1. The first kappa shape index (κ1) is 17.2. The van der Waals surface area contributed by atoms with Gasteiger partial charge in [0.1, 0.15) is 0 Å². The monoisotopic (exact) mass is 358 g/mol. The molecule has 0 bridgehead atoms. The molecule has 2 aromatic rings. The molecule has 0 radical (unpaired) electrons. The summed E-state index contributed by atoms with van der Waals surface area (Å²) in [6.45, 7) is 2.25. The second-order valence-corrected chi connectivity index (χ2v) is 7.30. The Morgan fingerprint density at radius 2 is 2.04 bits per heavy atom. The summed E-state index contributed by atoms with van der Waals surface area (Å²) in [4.78, 5) is 38.2. The second-order valence-electron chi connectivity index (χ2n) is 6.35. The molecule has 1 fully saturated rings. The highest BCUT2D eigenvalue weighted by molar-refractivity contribution is 7.12. The molecule has 1 atom stereocenters. The molecule has 0 spiro atoms. The van der Waals surface area contributed by atoms with Crippen LogP contribution in [0, 0.1) is 5.41 Å². The van der Waals surface area contributed by atoms with Crippen molar-refractivity contribution in [2.45, 2.75) is 13.3 Å². The maximum absolute atomic E-state index is 12.6. The number of carbonyl (C=O) groups excluding carboxylic acids is 2. The summed E-state index contributed by atoms with van der Waals surface area (Å²) >= 11 is 1.34. The van der Waals surface area contributed by atoms with E-state index in [1.807, 2.05) is 5.38 Å². The Bertz CT molecular complexity index is 818. The second kappa shape index (κ2) is 6.68. The van der Waals surface area contributed by atoms with Crippen molar-refractivity contribution in [2.75, 3.05) is 18.4 Å². The van der Waals surface area contributed by atoms with E-state index in [-0.39, 0.29) is 18.4 Å². The van der Waals surface area contributed by atoms with E-state index >= 15 is 0 Å². The molecule has 1 saturated heterocycles. The lowest BCUT2D eigenvalue weighted by Gasteiger charge is -2.20. The van der Waals surface area contributed by atoms with Crippen LogP contribution in [-0.2, 0) is 4.79 Å². The van der Waals surface area contributed by atoms with Crippen LogP contribution in [0.4, 0.5) is 5.69 Å². The van der Waals surface area contributed by atoms with E-state index in [1.165, 1.54) is 11.3 Å². The highest BCUT2D eigenvalue weighted by Gasteiger charge is 2.42. The number of anilines is 1. The average molecular weight is 358 g/mol. The third-order valence-electron chi connectivity index (χ3n) is 4.39. The van der Waals surface area contributed by atoms with Crippen molar-refractivity contribution in [1.29, 1.82) is 0 Å². The molecule has 2 heterocycles. The Morgan fingerprint density at radius 3 is 2.68 bits per heavy atom. The Kier molecular flexibility index (Phi) is 4.59. The molecule has 1 aliphatic heterocycles. The van der Waals surface area contributed by atoms with Crippen LogP contribution >= 0.6 is 11.3 Å². The van der Waals surface area contributed by atoms with E-state index in [1.54, 1.807) is 48.2 Å². The number of nitrogens with one attached hydrogen (secondary N) is 1. The molecule has 0 saturated carbocycles. The number of carboxylic acid groups (broad SMARTS) is 1. The van der Waals surface area contributed by atoms with Gasteiger partial charge >= 0.3 is 5.97 Å². The quantitative estimate of drug-likeness (QED) is 0.880. The van der Waals surface area contributed by atoms with Gasteiger partial charge in [0.25, 0.3) is 11.8 Å². The molecule has 2 N–H and O–H groups in total. The number of aliphatic carboxylic acids is 1. The van der Waals surface area contributed by atoms with Crippen LogP contribution in [-0.4, -0.2) is 40.9 Å². The fourth-order valence-electron chi connectivity index (χ4n) is 2.82. The summed E-state index contributed by atoms with van der Waals surface area (Å²) in [7, 11) is 0. The summed E-state index contributed by atoms with van der Waals surface area (Å²) in [6, 6.07) is 10.2. The number of rotatable bonds is 4. The molecule has 1 unspecified atom stereocenters. The lowest BCUT2D eigenvalue weighted by atomic mass is 9.90. The highest BCUT2D eigenvalue weighted by atomic mass is 32.1. The predicted molar refractivity (Wildman–Crippen MR) is 95.0 cm³/mol. The summed E-state index contributed by atoms with van der Waals surface area (Å²) in [5.74, 6) is -1.34. The molecule has 130 valence electrons. The molecule has 0 aliphatic carbocycles. The van der Waals surface area contributed by atoms with Crippen molar-refractivity contribution in [3.63, 3.8) is 0 Å². The average Bonchev–Trinajstić information content (AvgIpc) is 3.25.